The fourth-order valence-corrected chi connectivity index (χ4v) is 9.26. The van der Waals surface area contributed by atoms with Gasteiger partial charge in [-0.1, -0.05) is 13.8 Å². The maximum atomic E-state index is 9.12. The lowest BCUT2D eigenvalue weighted by Gasteiger charge is -2.57. The van der Waals surface area contributed by atoms with Crippen molar-refractivity contribution in [2.24, 2.45) is 52.8 Å². The number of methoxy groups -OCH3 is 1. The summed E-state index contributed by atoms with van der Waals surface area (Å²) in [4.78, 5) is 0. The van der Waals surface area contributed by atoms with Gasteiger partial charge in [-0.3, -0.25) is 4.68 Å². The highest BCUT2D eigenvalue weighted by Gasteiger charge is 2.57. The van der Waals surface area contributed by atoms with E-state index in [4.69, 9.17) is 10.00 Å². The minimum atomic E-state index is 0.506. The van der Waals surface area contributed by atoms with E-state index >= 15 is 0 Å². The van der Waals surface area contributed by atoms with Gasteiger partial charge in [-0.05, 0) is 111 Å². The van der Waals surface area contributed by atoms with Crippen LogP contribution in [-0.4, -0.2) is 23.5 Å². The molecule has 0 saturated heterocycles. The fourth-order valence-electron chi connectivity index (χ4n) is 9.26. The average molecular weight is 424 g/mol. The van der Waals surface area contributed by atoms with Gasteiger partial charge < -0.3 is 4.74 Å². The summed E-state index contributed by atoms with van der Waals surface area (Å²) in [5, 5.41) is 13.6. The van der Waals surface area contributed by atoms with Gasteiger partial charge in [0.15, 0.2) is 0 Å². The largest absolute Gasteiger partial charge is 0.384 e. The van der Waals surface area contributed by atoms with Crippen LogP contribution >= 0.6 is 0 Å². The molecule has 0 bridgehead atoms. The predicted molar refractivity (Wildman–Crippen MR) is 122 cm³/mol. The molecule has 4 aliphatic rings. The molecular weight excluding hydrogens is 382 g/mol. The molecule has 1 aromatic rings. The van der Waals surface area contributed by atoms with E-state index < -0.39 is 0 Å². The normalized spacial score (nSPS) is 42.8. The van der Waals surface area contributed by atoms with Crippen molar-refractivity contribution in [3.8, 4) is 6.07 Å². The third kappa shape index (κ3) is 3.75. The third-order valence-corrected chi connectivity index (χ3v) is 10.5. The van der Waals surface area contributed by atoms with E-state index in [1.165, 1.54) is 57.8 Å². The van der Waals surface area contributed by atoms with Crippen molar-refractivity contribution < 1.29 is 4.74 Å². The first-order chi connectivity index (χ1) is 15.0. The molecule has 0 aromatic carbocycles. The summed E-state index contributed by atoms with van der Waals surface area (Å²) in [5.41, 5.74) is 1.19. The lowest BCUT2D eigenvalue weighted by atomic mass is 9.49. The Labute approximate surface area is 188 Å². The summed E-state index contributed by atoms with van der Waals surface area (Å²) in [6.45, 7) is 7.01. The molecule has 4 saturated carbocycles. The van der Waals surface area contributed by atoms with Gasteiger partial charge in [-0.15, -0.1) is 0 Å². The molecule has 9 atom stereocenters. The minimum Gasteiger partial charge on any atom is -0.384 e. The first-order valence-corrected chi connectivity index (χ1v) is 12.9. The van der Waals surface area contributed by atoms with E-state index in [0.717, 1.165) is 54.6 Å². The van der Waals surface area contributed by atoms with Gasteiger partial charge in [0.2, 0.25) is 0 Å². The number of aromatic nitrogens is 2. The van der Waals surface area contributed by atoms with Crippen molar-refractivity contribution in [2.45, 2.75) is 78.2 Å². The molecule has 4 nitrogen and oxygen atoms in total. The Hall–Kier alpha value is -1.34. The summed E-state index contributed by atoms with van der Waals surface area (Å²) >= 11 is 0. The zero-order valence-electron chi connectivity index (χ0n) is 19.8. The highest BCUT2D eigenvalue weighted by atomic mass is 16.5. The van der Waals surface area contributed by atoms with Crippen molar-refractivity contribution in [1.29, 1.82) is 5.26 Å². The number of nitriles is 1. The quantitative estimate of drug-likeness (QED) is 0.590. The van der Waals surface area contributed by atoms with Crippen molar-refractivity contribution in [3.05, 3.63) is 18.0 Å². The standard InChI is InChI=1S/C27H41N3O/c1-18(15-30-16-20(13-28)14-29-30)25-8-9-26-24-7-5-21-12-19(17-31-3)4-6-22(21)23(24)10-11-27(25,26)2/h14,16,18-19,21-26H,4-12,15,17H2,1-3H3/t18-,19+,21-,22+,23-,24-,25?,26+,27-/m1/s1. The zero-order chi connectivity index (χ0) is 21.6. The molecule has 0 N–H and O–H groups in total. The lowest BCUT2D eigenvalue weighted by molar-refractivity contribution is -0.0777. The zero-order valence-corrected chi connectivity index (χ0v) is 19.8. The monoisotopic (exact) mass is 423 g/mol. The van der Waals surface area contributed by atoms with Gasteiger partial charge in [-0.25, -0.2) is 0 Å². The molecule has 1 heterocycles. The van der Waals surface area contributed by atoms with E-state index in [9.17, 15) is 0 Å². The van der Waals surface area contributed by atoms with Gasteiger partial charge in [0.25, 0.3) is 0 Å². The smallest absolute Gasteiger partial charge is 0.102 e. The molecule has 0 aliphatic heterocycles. The van der Waals surface area contributed by atoms with Gasteiger partial charge in [0, 0.05) is 26.5 Å². The SMILES string of the molecule is COC[C@H]1CC[C@H]2[C@H](CC[C@@H]3[C@@H]2CC[C@]2(C)C([C@H](C)Cn4cc(C#N)cn4)CC[C@@H]32)C1. The first kappa shape index (κ1) is 21.5. The average Bonchev–Trinajstić information content (AvgIpc) is 3.37. The number of rotatable bonds is 5. The van der Waals surface area contributed by atoms with Gasteiger partial charge in [0.1, 0.15) is 6.07 Å². The van der Waals surface area contributed by atoms with Crippen LogP contribution in [0.25, 0.3) is 0 Å². The predicted octanol–water partition coefficient (Wildman–Crippen LogP) is 5.92. The molecule has 31 heavy (non-hydrogen) atoms. The van der Waals surface area contributed by atoms with E-state index in [2.05, 4.69) is 25.0 Å². The highest BCUT2D eigenvalue weighted by Crippen LogP contribution is 2.65. The second-order valence-corrected chi connectivity index (χ2v) is 11.8. The molecule has 0 radical (unpaired) electrons. The van der Waals surface area contributed by atoms with Crippen LogP contribution in [0.2, 0.25) is 0 Å². The van der Waals surface area contributed by atoms with Crippen LogP contribution in [0.1, 0.15) is 77.2 Å². The Kier molecular flexibility index (Phi) is 5.93. The molecule has 1 aromatic heterocycles. The molecule has 1 unspecified atom stereocenters. The van der Waals surface area contributed by atoms with Gasteiger partial charge in [0.05, 0.1) is 11.8 Å². The van der Waals surface area contributed by atoms with E-state index in [1.807, 2.05) is 18.0 Å². The van der Waals surface area contributed by atoms with Crippen LogP contribution in [0.5, 0.6) is 0 Å². The van der Waals surface area contributed by atoms with Crippen LogP contribution in [0.3, 0.4) is 0 Å². The second kappa shape index (κ2) is 8.54. The highest BCUT2D eigenvalue weighted by molar-refractivity contribution is 5.21. The topological polar surface area (TPSA) is 50.8 Å². The van der Waals surface area contributed by atoms with Crippen molar-refractivity contribution in [3.63, 3.8) is 0 Å². The Morgan fingerprint density at radius 1 is 1.16 bits per heavy atom. The van der Waals surface area contributed by atoms with Crippen LogP contribution in [-0.2, 0) is 11.3 Å². The maximum absolute atomic E-state index is 9.12. The summed E-state index contributed by atoms with van der Waals surface area (Å²) in [5.74, 6) is 7.12. The van der Waals surface area contributed by atoms with E-state index in [1.54, 1.807) is 6.20 Å². The lowest BCUT2D eigenvalue weighted by Crippen LogP contribution is -2.49. The molecule has 5 rings (SSSR count). The van der Waals surface area contributed by atoms with Crippen LogP contribution in [0.15, 0.2) is 12.4 Å². The molecular formula is C27H41N3O. The Morgan fingerprint density at radius 3 is 2.77 bits per heavy atom. The molecule has 4 heteroatoms. The summed E-state index contributed by atoms with van der Waals surface area (Å²) in [6, 6.07) is 2.22. The summed E-state index contributed by atoms with van der Waals surface area (Å²) < 4.78 is 7.51. The summed E-state index contributed by atoms with van der Waals surface area (Å²) in [6.07, 6.45) is 16.6. The number of fused-ring (bicyclic) bond motifs is 5. The Balaban J connectivity index is 1.27. The number of hydrogen-bond acceptors (Lipinski definition) is 3. The van der Waals surface area contributed by atoms with E-state index in [0.29, 0.717) is 16.9 Å². The van der Waals surface area contributed by atoms with Gasteiger partial charge >= 0.3 is 0 Å². The van der Waals surface area contributed by atoms with E-state index in [-0.39, 0.29) is 0 Å². The van der Waals surface area contributed by atoms with Crippen molar-refractivity contribution in [2.75, 3.05) is 13.7 Å². The number of ether oxygens (including phenoxy) is 1. The molecule has 4 fully saturated rings. The number of hydrogen-bond donors (Lipinski definition) is 0. The Morgan fingerprint density at radius 2 is 2.00 bits per heavy atom. The summed E-state index contributed by atoms with van der Waals surface area (Å²) in [7, 11) is 1.87. The first-order valence-electron chi connectivity index (χ1n) is 12.9. The van der Waals surface area contributed by atoms with Crippen LogP contribution in [0.4, 0.5) is 0 Å². The minimum absolute atomic E-state index is 0.506. The number of nitrogens with zero attached hydrogens (tertiary/aromatic N) is 3. The van der Waals surface area contributed by atoms with Crippen LogP contribution in [0, 0.1) is 64.1 Å². The van der Waals surface area contributed by atoms with Gasteiger partial charge in [-0.2, -0.15) is 10.4 Å². The van der Waals surface area contributed by atoms with Crippen molar-refractivity contribution >= 4 is 0 Å². The second-order valence-electron chi connectivity index (χ2n) is 11.8. The third-order valence-electron chi connectivity index (χ3n) is 10.5. The molecule has 0 spiro atoms. The fraction of sp³-hybridized carbons (Fsp3) is 0.852. The van der Waals surface area contributed by atoms with Crippen molar-refractivity contribution in [1.82, 2.24) is 9.78 Å². The molecule has 4 aliphatic carbocycles. The Bertz CT molecular complexity index is 812. The molecule has 0 amide bonds. The molecule has 170 valence electrons. The van der Waals surface area contributed by atoms with Crippen LogP contribution < -0.4 is 0 Å². The maximum Gasteiger partial charge on any atom is 0.102 e.